The molecule has 0 aliphatic heterocycles. The lowest BCUT2D eigenvalue weighted by Gasteiger charge is -2.20. The molecule has 0 spiro atoms. The van der Waals surface area contributed by atoms with E-state index in [0.29, 0.717) is 12.6 Å². The SMILES string of the molecule is COCCNC(c1nccs1)c1cncn1C(C)C. The summed E-state index contributed by atoms with van der Waals surface area (Å²) < 4.78 is 7.28. The highest BCUT2D eigenvalue weighted by molar-refractivity contribution is 7.09. The number of thiazole rings is 1. The number of methoxy groups -OCH3 is 1. The molecule has 0 radical (unpaired) electrons. The van der Waals surface area contributed by atoms with Crippen LogP contribution in [0.15, 0.2) is 24.1 Å². The smallest absolute Gasteiger partial charge is 0.116 e. The lowest BCUT2D eigenvalue weighted by molar-refractivity contribution is 0.197. The summed E-state index contributed by atoms with van der Waals surface area (Å²) in [5.41, 5.74) is 1.14. The predicted molar refractivity (Wildman–Crippen MR) is 76.4 cm³/mol. The van der Waals surface area contributed by atoms with E-state index in [9.17, 15) is 0 Å². The summed E-state index contributed by atoms with van der Waals surface area (Å²) in [5, 5.41) is 6.53. The molecular formula is C13H20N4OS. The Balaban J connectivity index is 2.24. The van der Waals surface area contributed by atoms with Gasteiger partial charge in [0, 0.05) is 31.3 Å². The molecule has 0 aliphatic rings. The quantitative estimate of drug-likeness (QED) is 0.790. The minimum Gasteiger partial charge on any atom is -0.383 e. The van der Waals surface area contributed by atoms with Crippen LogP contribution in [0.2, 0.25) is 0 Å². The highest BCUT2D eigenvalue weighted by Gasteiger charge is 2.20. The monoisotopic (exact) mass is 280 g/mol. The fourth-order valence-corrected chi connectivity index (χ4v) is 2.69. The van der Waals surface area contributed by atoms with E-state index in [1.807, 2.05) is 24.1 Å². The van der Waals surface area contributed by atoms with Crippen molar-refractivity contribution in [3.8, 4) is 0 Å². The van der Waals surface area contributed by atoms with Gasteiger partial charge in [-0.25, -0.2) is 9.97 Å². The second-order valence-electron chi connectivity index (χ2n) is 4.57. The predicted octanol–water partition coefficient (Wildman–Crippen LogP) is 2.25. The van der Waals surface area contributed by atoms with Gasteiger partial charge < -0.3 is 14.6 Å². The van der Waals surface area contributed by atoms with Crippen LogP contribution >= 0.6 is 11.3 Å². The maximum absolute atomic E-state index is 5.10. The molecule has 2 heterocycles. The van der Waals surface area contributed by atoms with Crippen LogP contribution in [0.5, 0.6) is 0 Å². The third kappa shape index (κ3) is 3.40. The zero-order valence-electron chi connectivity index (χ0n) is 11.5. The first-order valence-electron chi connectivity index (χ1n) is 6.37. The fraction of sp³-hybridized carbons (Fsp3) is 0.538. The molecule has 2 rings (SSSR count). The molecule has 1 unspecified atom stereocenters. The van der Waals surface area contributed by atoms with Crippen LogP contribution in [0.1, 0.15) is 36.6 Å². The van der Waals surface area contributed by atoms with Gasteiger partial charge in [-0.3, -0.25) is 0 Å². The molecule has 0 bridgehead atoms. The maximum atomic E-state index is 5.10. The Kier molecular flexibility index (Phi) is 5.07. The summed E-state index contributed by atoms with van der Waals surface area (Å²) >= 11 is 1.65. The van der Waals surface area contributed by atoms with Crippen molar-refractivity contribution in [3.63, 3.8) is 0 Å². The molecule has 0 aliphatic carbocycles. The molecule has 2 aromatic heterocycles. The average molecular weight is 280 g/mol. The van der Waals surface area contributed by atoms with Crippen LogP contribution in [0, 0.1) is 0 Å². The van der Waals surface area contributed by atoms with Crippen LogP contribution in [-0.4, -0.2) is 34.8 Å². The average Bonchev–Trinajstić information content (AvgIpc) is 3.05. The lowest BCUT2D eigenvalue weighted by Crippen LogP contribution is -2.28. The number of nitrogens with zero attached hydrogens (tertiary/aromatic N) is 3. The largest absolute Gasteiger partial charge is 0.383 e. The van der Waals surface area contributed by atoms with Crippen molar-refractivity contribution in [1.82, 2.24) is 19.9 Å². The van der Waals surface area contributed by atoms with Gasteiger partial charge in [-0.05, 0) is 13.8 Å². The second-order valence-corrected chi connectivity index (χ2v) is 5.50. The van der Waals surface area contributed by atoms with Gasteiger partial charge in [0.15, 0.2) is 0 Å². The Labute approximate surface area is 117 Å². The highest BCUT2D eigenvalue weighted by Crippen LogP contribution is 2.25. The molecule has 0 aromatic carbocycles. The lowest BCUT2D eigenvalue weighted by atomic mass is 10.2. The van der Waals surface area contributed by atoms with Crippen LogP contribution in [-0.2, 0) is 4.74 Å². The van der Waals surface area contributed by atoms with Gasteiger partial charge in [-0.2, -0.15) is 0 Å². The summed E-state index contributed by atoms with van der Waals surface area (Å²) in [6.07, 6.45) is 5.62. The Morgan fingerprint density at radius 2 is 2.32 bits per heavy atom. The first-order valence-corrected chi connectivity index (χ1v) is 7.25. The molecule has 104 valence electrons. The number of nitrogens with one attached hydrogen (secondary N) is 1. The third-order valence-corrected chi connectivity index (χ3v) is 3.74. The topological polar surface area (TPSA) is 52.0 Å². The van der Waals surface area contributed by atoms with Crippen molar-refractivity contribution in [2.24, 2.45) is 0 Å². The van der Waals surface area contributed by atoms with Gasteiger partial charge in [0.25, 0.3) is 0 Å². The minimum absolute atomic E-state index is 0.0695. The van der Waals surface area contributed by atoms with Crippen LogP contribution < -0.4 is 5.32 Å². The fourth-order valence-electron chi connectivity index (χ4n) is 1.97. The van der Waals surface area contributed by atoms with Crippen molar-refractivity contribution in [2.75, 3.05) is 20.3 Å². The van der Waals surface area contributed by atoms with E-state index in [1.165, 1.54) is 0 Å². The molecule has 0 fully saturated rings. The van der Waals surface area contributed by atoms with Gasteiger partial charge in [0.2, 0.25) is 0 Å². The van der Waals surface area contributed by atoms with Gasteiger partial charge in [-0.15, -0.1) is 11.3 Å². The summed E-state index contributed by atoms with van der Waals surface area (Å²) in [4.78, 5) is 8.70. The molecule has 1 atom stereocenters. The molecule has 0 saturated heterocycles. The maximum Gasteiger partial charge on any atom is 0.116 e. The van der Waals surface area contributed by atoms with Crippen molar-refractivity contribution < 1.29 is 4.74 Å². The zero-order valence-corrected chi connectivity index (χ0v) is 12.4. The van der Waals surface area contributed by atoms with Gasteiger partial charge >= 0.3 is 0 Å². The number of ether oxygens (including phenoxy) is 1. The molecule has 0 saturated carbocycles. The highest BCUT2D eigenvalue weighted by atomic mass is 32.1. The van der Waals surface area contributed by atoms with E-state index in [0.717, 1.165) is 17.2 Å². The van der Waals surface area contributed by atoms with E-state index >= 15 is 0 Å². The number of rotatable bonds is 7. The van der Waals surface area contributed by atoms with E-state index in [-0.39, 0.29) is 6.04 Å². The Bertz CT molecular complexity index is 481. The second kappa shape index (κ2) is 6.79. The number of aromatic nitrogens is 3. The summed E-state index contributed by atoms with van der Waals surface area (Å²) in [7, 11) is 1.71. The number of hydrogen-bond acceptors (Lipinski definition) is 5. The van der Waals surface area contributed by atoms with E-state index < -0.39 is 0 Å². The van der Waals surface area contributed by atoms with Crippen LogP contribution in [0.3, 0.4) is 0 Å². The Morgan fingerprint density at radius 1 is 1.47 bits per heavy atom. The molecule has 5 nitrogen and oxygen atoms in total. The van der Waals surface area contributed by atoms with Crippen LogP contribution in [0.25, 0.3) is 0 Å². The molecular weight excluding hydrogens is 260 g/mol. The standard InChI is InChI=1S/C13H20N4OS/c1-10(2)17-9-14-8-11(17)12(15-4-6-18-3)13-16-5-7-19-13/h5,7-10,12,15H,4,6H2,1-3H3. The molecule has 19 heavy (non-hydrogen) atoms. The van der Waals surface area contributed by atoms with Crippen molar-refractivity contribution in [1.29, 1.82) is 0 Å². The van der Waals surface area contributed by atoms with Crippen LogP contribution in [0.4, 0.5) is 0 Å². The molecule has 6 heteroatoms. The van der Waals surface area contributed by atoms with Gasteiger partial charge in [-0.1, -0.05) is 0 Å². The molecule has 0 amide bonds. The third-order valence-electron chi connectivity index (χ3n) is 2.90. The first kappa shape index (κ1) is 14.2. The molecule has 1 N–H and O–H groups in total. The summed E-state index contributed by atoms with van der Waals surface area (Å²) in [6, 6.07) is 0.448. The van der Waals surface area contributed by atoms with Crippen molar-refractivity contribution in [2.45, 2.75) is 25.9 Å². The molecule has 2 aromatic rings. The zero-order chi connectivity index (χ0) is 13.7. The van der Waals surface area contributed by atoms with Gasteiger partial charge in [0.1, 0.15) is 11.0 Å². The minimum atomic E-state index is 0.0695. The first-order chi connectivity index (χ1) is 9.24. The Hall–Kier alpha value is -1.24. The van der Waals surface area contributed by atoms with E-state index in [2.05, 4.69) is 33.7 Å². The Morgan fingerprint density at radius 3 is 2.95 bits per heavy atom. The van der Waals surface area contributed by atoms with Crippen molar-refractivity contribution >= 4 is 11.3 Å². The number of hydrogen-bond donors (Lipinski definition) is 1. The van der Waals surface area contributed by atoms with E-state index in [4.69, 9.17) is 4.74 Å². The van der Waals surface area contributed by atoms with Crippen molar-refractivity contribution in [3.05, 3.63) is 34.8 Å². The number of imidazole rings is 1. The van der Waals surface area contributed by atoms with Gasteiger partial charge in [0.05, 0.1) is 24.8 Å². The summed E-state index contributed by atoms with van der Waals surface area (Å²) in [5.74, 6) is 0. The normalized spacial score (nSPS) is 13.1. The van der Waals surface area contributed by atoms with E-state index in [1.54, 1.807) is 18.4 Å². The summed E-state index contributed by atoms with van der Waals surface area (Å²) in [6.45, 7) is 5.76.